The summed E-state index contributed by atoms with van der Waals surface area (Å²) in [5.41, 5.74) is 8.24. The third-order valence-electron chi connectivity index (χ3n) is 13.6. The van der Waals surface area contributed by atoms with E-state index in [1.165, 1.54) is 0 Å². The summed E-state index contributed by atoms with van der Waals surface area (Å²) in [6.45, 7) is 9.04. The molecule has 0 radical (unpaired) electrons. The molecule has 13 nitrogen and oxygen atoms in total. The maximum atomic E-state index is 14.9. The largest absolute Gasteiger partial charge is 0.508 e. The van der Waals surface area contributed by atoms with Crippen molar-refractivity contribution in [1.29, 1.82) is 0 Å². The van der Waals surface area contributed by atoms with Crippen molar-refractivity contribution in [1.82, 2.24) is 29.3 Å². The molecule has 4 amide bonds. The van der Waals surface area contributed by atoms with Crippen LogP contribution in [0.4, 0.5) is 5.69 Å². The molecule has 0 aliphatic carbocycles. The number of nitrogens with zero attached hydrogens (tertiary/aromatic N) is 7. The van der Waals surface area contributed by atoms with Gasteiger partial charge in [0.2, 0.25) is 23.6 Å². The molecule has 3 aliphatic rings. The summed E-state index contributed by atoms with van der Waals surface area (Å²) < 4.78 is 2.07. The highest BCUT2D eigenvalue weighted by Gasteiger charge is 2.51. The highest BCUT2D eigenvalue weighted by Crippen LogP contribution is 2.35. The van der Waals surface area contributed by atoms with E-state index in [-0.39, 0.29) is 80.6 Å². The Morgan fingerprint density at radius 1 is 0.794 bits per heavy atom. The Bertz CT molecular complexity index is 2830. The van der Waals surface area contributed by atoms with E-state index in [2.05, 4.69) is 40.4 Å². The van der Waals surface area contributed by atoms with Crippen molar-refractivity contribution in [2.24, 2.45) is 7.05 Å². The molecule has 5 aromatic carbocycles. The molecular formula is C55H57N7O6. The first-order valence-corrected chi connectivity index (χ1v) is 23.3. The molecule has 4 heterocycles. The first-order valence-electron chi connectivity index (χ1n) is 23.3. The van der Waals surface area contributed by atoms with Crippen LogP contribution in [0.2, 0.25) is 0 Å². The summed E-state index contributed by atoms with van der Waals surface area (Å²) in [7, 11) is 1.98. The zero-order valence-corrected chi connectivity index (χ0v) is 38.7. The van der Waals surface area contributed by atoms with Crippen LogP contribution in [-0.4, -0.2) is 122 Å². The molecule has 0 unspecified atom stereocenters. The van der Waals surface area contributed by atoms with Crippen molar-refractivity contribution >= 4 is 46.0 Å². The number of hydrogen-bond acceptors (Lipinski definition) is 8. The van der Waals surface area contributed by atoms with Crippen molar-refractivity contribution in [2.45, 2.75) is 51.4 Å². The minimum Gasteiger partial charge on any atom is -0.508 e. The molecule has 3 fully saturated rings. The predicted octanol–water partition coefficient (Wildman–Crippen LogP) is 6.63. The Morgan fingerprint density at radius 2 is 1.50 bits per heavy atom. The molecule has 1 aromatic heterocycles. The predicted molar refractivity (Wildman–Crippen MR) is 262 cm³/mol. The average molecular weight is 912 g/mol. The van der Waals surface area contributed by atoms with E-state index in [4.69, 9.17) is 0 Å². The molecule has 2 atom stereocenters. The van der Waals surface area contributed by atoms with E-state index in [1.807, 2.05) is 90.8 Å². The molecular weight excluding hydrogens is 855 g/mol. The standard InChI is InChI=1S/C55H57N7O6/c1-4-27-60-37-53(67)61-49(32-40-15-24-46(64)25-16-40)55(68)59(36-51(61)62(60)52(66)26-17-39-9-6-5-7-10-39)34-44-11-8-12-47-48(35-56(3)54(44)47)42-18-20-43(21-19-42)50(65)33-41-13-22-45(23-14-41)58-30-28-57(29-31-58)38(2)63/h4-16,18-25,35,49,51,64H,1,17,26-34,36-37H2,2-3H3/t49-,51-/m0/s1. The SMILES string of the molecule is C=CCN1CC(=O)N2[C@@H](Cc3ccc(O)cc3)C(=O)N(Cc3cccc4c(-c5ccc(C(=O)Cc6ccc(N7CCN(C(C)=O)CC7)cc6)cc5)cn(C)c34)C[C@@H]2N1C(=O)CCc1ccccc1. The van der Waals surface area contributed by atoms with Crippen LogP contribution in [0, 0.1) is 0 Å². The van der Waals surface area contributed by atoms with Gasteiger partial charge in [-0.1, -0.05) is 103 Å². The Balaban J connectivity index is 0.955. The maximum Gasteiger partial charge on any atom is 0.246 e. The number of hydrogen-bond donors (Lipinski definition) is 1. The molecule has 3 saturated heterocycles. The van der Waals surface area contributed by atoms with Crippen LogP contribution < -0.4 is 4.90 Å². The van der Waals surface area contributed by atoms with E-state index < -0.39 is 12.2 Å². The number of Topliss-reactive ketones (excluding diaryl/α,β-unsaturated/α-hetero) is 1. The number of phenols is 1. The number of hydrazine groups is 1. The van der Waals surface area contributed by atoms with Crippen LogP contribution in [0.5, 0.6) is 5.75 Å². The molecule has 348 valence electrons. The lowest BCUT2D eigenvalue weighted by atomic mass is 9.97. The lowest BCUT2D eigenvalue weighted by molar-refractivity contribution is -0.205. The second-order valence-corrected chi connectivity index (χ2v) is 18.1. The van der Waals surface area contributed by atoms with Crippen molar-refractivity contribution in [3.63, 3.8) is 0 Å². The minimum atomic E-state index is -0.897. The number of fused-ring (bicyclic) bond motifs is 2. The first kappa shape index (κ1) is 45.6. The van der Waals surface area contributed by atoms with E-state index in [1.54, 1.807) is 57.1 Å². The van der Waals surface area contributed by atoms with Gasteiger partial charge in [0.25, 0.3) is 0 Å². The van der Waals surface area contributed by atoms with Gasteiger partial charge in [-0.3, -0.25) is 24.0 Å². The molecule has 9 rings (SSSR count). The summed E-state index contributed by atoms with van der Waals surface area (Å²) in [5.74, 6) is -0.381. The summed E-state index contributed by atoms with van der Waals surface area (Å²) >= 11 is 0. The number of aromatic nitrogens is 1. The van der Waals surface area contributed by atoms with Gasteiger partial charge in [-0.05, 0) is 58.5 Å². The molecule has 68 heavy (non-hydrogen) atoms. The van der Waals surface area contributed by atoms with E-state index in [0.717, 1.165) is 63.1 Å². The molecule has 13 heteroatoms. The number of aromatic hydroxyl groups is 1. The normalized spacial score (nSPS) is 17.7. The quantitative estimate of drug-likeness (QED) is 0.0954. The minimum absolute atomic E-state index is 0.0248. The molecule has 1 N–H and O–H groups in total. The van der Waals surface area contributed by atoms with Crippen LogP contribution in [0.25, 0.3) is 22.0 Å². The Hall–Kier alpha value is -7.51. The fourth-order valence-electron chi connectivity index (χ4n) is 10.1. The molecule has 3 aliphatic heterocycles. The van der Waals surface area contributed by atoms with Gasteiger partial charge in [-0.25, -0.2) is 10.0 Å². The van der Waals surface area contributed by atoms with Crippen LogP contribution in [0.15, 0.2) is 140 Å². The highest BCUT2D eigenvalue weighted by molar-refractivity contribution is 6.01. The fraction of sp³-hybridized carbons (Fsp3) is 0.291. The third kappa shape index (κ3) is 9.52. The fourth-order valence-corrected chi connectivity index (χ4v) is 10.1. The van der Waals surface area contributed by atoms with E-state index >= 15 is 0 Å². The summed E-state index contributed by atoms with van der Waals surface area (Å²) in [6.07, 6.45) is 4.21. The lowest BCUT2D eigenvalue weighted by Gasteiger charge is -2.55. The van der Waals surface area contributed by atoms with Crippen molar-refractivity contribution in [3.8, 4) is 16.9 Å². The van der Waals surface area contributed by atoms with Gasteiger partial charge < -0.3 is 29.3 Å². The van der Waals surface area contributed by atoms with Gasteiger partial charge in [0.1, 0.15) is 18.0 Å². The third-order valence-corrected chi connectivity index (χ3v) is 13.6. The van der Waals surface area contributed by atoms with Crippen molar-refractivity contribution < 1.29 is 29.1 Å². The van der Waals surface area contributed by atoms with Crippen molar-refractivity contribution in [3.05, 3.63) is 168 Å². The maximum absolute atomic E-state index is 14.9. The zero-order chi connectivity index (χ0) is 47.5. The van der Waals surface area contributed by atoms with Gasteiger partial charge in [0.05, 0.1) is 18.6 Å². The zero-order valence-electron chi connectivity index (χ0n) is 38.7. The smallest absolute Gasteiger partial charge is 0.246 e. The Labute approximate surface area is 397 Å². The summed E-state index contributed by atoms with van der Waals surface area (Å²) in [5, 5.41) is 14.5. The number of anilines is 1. The monoisotopic (exact) mass is 911 g/mol. The second-order valence-electron chi connectivity index (χ2n) is 18.1. The highest BCUT2D eigenvalue weighted by atomic mass is 16.3. The van der Waals surface area contributed by atoms with Crippen molar-refractivity contribution in [2.75, 3.05) is 50.7 Å². The average Bonchev–Trinajstić information content (AvgIpc) is 3.70. The lowest BCUT2D eigenvalue weighted by Crippen LogP contribution is -2.75. The summed E-state index contributed by atoms with van der Waals surface area (Å²) in [6, 6.07) is 37.5. The van der Waals surface area contributed by atoms with Crippen LogP contribution in [-0.2, 0) is 52.0 Å². The van der Waals surface area contributed by atoms with E-state index in [0.29, 0.717) is 25.1 Å². The number of aryl methyl sites for hydroxylation is 2. The molecule has 6 aromatic rings. The molecule has 0 saturated carbocycles. The van der Waals surface area contributed by atoms with Gasteiger partial charge in [-0.2, -0.15) is 0 Å². The van der Waals surface area contributed by atoms with Gasteiger partial charge in [0.15, 0.2) is 5.78 Å². The second kappa shape index (κ2) is 19.8. The number of phenolic OH excluding ortho intramolecular Hbond substituents is 1. The number of para-hydroxylation sites is 1. The van der Waals surface area contributed by atoms with E-state index in [9.17, 15) is 29.1 Å². The summed E-state index contributed by atoms with van der Waals surface area (Å²) in [4.78, 5) is 76.2. The van der Waals surface area contributed by atoms with Gasteiger partial charge in [-0.15, -0.1) is 6.58 Å². The first-order chi connectivity index (χ1) is 32.9. The Kier molecular flexibility index (Phi) is 13.3. The van der Waals surface area contributed by atoms with Crippen LogP contribution >= 0.6 is 0 Å². The number of carbonyl (C=O) groups excluding carboxylic acids is 5. The number of carbonyl (C=O) groups is 5. The number of piperazine rings is 2. The van der Waals surface area contributed by atoms with Gasteiger partial charge >= 0.3 is 0 Å². The van der Waals surface area contributed by atoms with Crippen LogP contribution in [0.1, 0.15) is 46.0 Å². The van der Waals surface area contributed by atoms with Crippen LogP contribution in [0.3, 0.4) is 0 Å². The topological polar surface area (TPSA) is 130 Å². The molecule has 0 bridgehead atoms. The number of rotatable bonds is 14. The Morgan fingerprint density at radius 3 is 2.19 bits per heavy atom. The van der Waals surface area contributed by atoms with Gasteiger partial charge in [0, 0.05) is 101 Å². The molecule has 0 spiro atoms. The number of ketones is 1. The number of benzene rings is 5. The number of amides is 4.